The molecular formula is C70H91Br6MnN17O10. The molecule has 2 fully saturated rings. The van der Waals surface area contributed by atoms with E-state index < -0.39 is 31.6 Å². The van der Waals surface area contributed by atoms with E-state index in [4.69, 9.17) is 27.7 Å². The number of carbonyl (C=O) groups excluding carboxylic acids is 5. The number of aromatic nitrogens is 9. The van der Waals surface area contributed by atoms with E-state index in [0.29, 0.717) is 65.0 Å². The molecule has 0 aliphatic carbocycles. The van der Waals surface area contributed by atoms with Gasteiger partial charge in [-0.15, -0.1) is 0 Å². The number of halogens is 6. The van der Waals surface area contributed by atoms with Gasteiger partial charge in [-0.2, -0.15) is 0 Å². The molecule has 4 aliphatic rings. The molecule has 0 unspecified atom stereocenters. The minimum absolute atomic E-state index is 0.227. The molecule has 0 radical (unpaired) electrons. The van der Waals surface area contributed by atoms with Crippen LogP contribution in [0.2, 0.25) is 0 Å². The van der Waals surface area contributed by atoms with Gasteiger partial charge in [-0.3, -0.25) is 19.6 Å². The van der Waals surface area contributed by atoms with Gasteiger partial charge in [0.25, 0.3) is 0 Å². The fourth-order valence-corrected chi connectivity index (χ4v) is 12.8. The van der Waals surface area contributed by atoms with E-state index in [9.17, 15) is 24.0 Å². The van der Waals surface area contributed by atoms with Gasteiger partial charge in [0.1, 0.15) is 78.7 Å². The molecule has 34 heteroatoms. The predicted molar refractivity (Wildman–Crippen MR) is 419 cm³/mol. The number of aryl methyl sites for hydroxylation is 3. The molecule has 0 aromatic carbocycles. The van der Waals surface area contributed by atoms with Gasteiger partial charge in [-0.05, 0) is 230 Å². The number of ketones is 2. The number of nitrogens with zero attached hydrogens (tertiary/aromatic N) is 13. The first-order chi connectivity index (χ1) is 48.9. The van der Waals surface area contributed by atoms with Crippen molar-refractivity contribution in [3.63, 3.8) is 0 Å². The Hall–Kier alpha value is -6.43. The second-order valence-corrected chi connectivity index (χ2v) is 31.6. The minimum atomic E-state index is -1.44. The number of hydrogen-bond acceptors (Lipinski definition) is 21. The van der Waals surface area contributed by atoms with Crippen LogP contribution < -0.4 is 27.6 Å². The number of likely N-dealkylation sites (tertiary alicyclic amines) is 2. The second kappa shape index (κ2) is 41.6. The van der Waals surface area contributed by atoms with Gasteiger partial charge in [0.05, 0.1) is 12.1 Å². The van der Waals surface area contributed by atoms with Crippen molar-refractivity contribution in [3.8, 4) is 0 Å². The van der Waals surface area contributed by atoms with Crippen LogP contribution >= 0.6 is 95.6 Å². The average Bonchev–Trinajstić information content (AvgIpc) is 1.72. The summed E-state index contributed by atoms with van der Waals surface area (Å²) in [6, 6.07) is 25.4. The number of piperidine rings is 2. The van der Waals surface area contributed by atoms with Crippen LogP contribution in [0.5, 0.6) is 0 Å². The molecule has 0 saturated carbocycles. The predicted octanol–water partition coefficient (Wildman–Crippen LogP) is 14.0. The van der Waals surface area contributed by atoms with Crippen LogP contribution in [0.3, 0.4) is 0 Å². The van der Waals surface area contributed by atoms with E-state index in [-0.39, 0.29) is 36.5 Å². The Balaban J connectivity index is 0.000000219. The van der Waals surface area contributed by atoms with E-state index in [1.165, 1.54) is 32.9 Å². The van der Waals surface area contributed by atoms with Gasteiger partial charge >= 0.3 is 40.8 Å². The summed E-state index contributed by atoms with van der Waals surface area (Å²) in [6.07, 6.45) is 6.55. The molecule has 4 aliphatic heterocycles. The maximum atomic E-state index is 12.3. The van der Waals surface area contributed by atoms with Crippen LogP contribution in [0.25, 0.3) is 44.0 Å². The summed E-state index contributed by atoms with van der Waals surface area (Å²) in [7, 11) is 7.90. The third kappa shape index (κ3) is 28.0. The zero-order valence-electron chi connectivity index (χ0n) is 60.5. The van der Waals surface area contributed by atoms with Crippen LogP contribution in [0.15, 0.2) is 119 Å². The van der Waals surface area contributed by atoms with Crippen LogP contribution in [-0.2, 0) is 93.4 Å². The molecule has 565 valence electrons. The van der Waals surface area contributed by atoms with Crippen molar-refractivity contribution >= 4 is 175 Å². The zero-order valence-corrected chi connectivity index (χ0v) is 71.2. The number of anilines is 1. The van der Waals surface area contributed by atoms with E-state index in [1.54, 1.807) is 27.9 Å². The number of hydrazine groups is 1. The monoisotopic (exact) mass is 1860 g/mol. The number of carbonyl (C=O) groups is 5. The number of nitrogens with two attached hydrogens (primary N) is 3. The number of pyridine rings is 6. The molecule has 0 spiro atoms. The molecule has 104 heavy (non-hydrogen) atoms. The summed E-state index contributed by atoms with van der Waals surface area (Å²) >= 11 is 18.5. The third-order valence-electron chi connectivity index (χ3n) is 15.2. The number of amides is 3. The topological polar surface area (TPSA) is 342 Å². The van der Waals surface area contributed by atoms with Crippen molar-refractivity contribution in [2.45, 2.75) is 131 Å². The molecule has 0 atom stereocenters. The Morgan fingerprint density at radius 1 is 0.510 bits per heavy atom. The zero-order chi connectivity index (χ0) is 77.4. The molecule has 13 rings (SSSR count). The summed E-state index contributed by atoms with van der Waals surface area (Å²) in [4.78, 5) is 87.9. The van der Waals surface area contributed by atoms with Crippen LogP contribution in [-0.4, -0.2) is 158 Å². The van der Waals surface area contributed by atoms with Crippen molar-refractivity contribution in [1.82, 2.24) is 63.6 Å². The van der Waals surface area contributed by atoms with E-state index in [2.05, 4.69) is 181 Å². The number of Topliss-reactive ketones (excluding diaryl/α,β-unsaturated/α-hetero) is 2. The van der Waals surface area contributed by atoms with Crippen molar-refractivity contribution in [3.05, 3.63) is 141 Å². The summed E-state index contributed by atoms with van der Waals surface area (Å²) < 4.78 is 44.2. The standard InChI is InChI=1S/C16H20BrN3O2.C11H12BrN3.C11H8BrN3.2C10H17NO3.C6H8BrN3.C5H3Br2N.CH6N2.Mn.2O/c1-16(2,3)22-15(21)20-8-7-12-11(9-20)10-5-6-13(17)18-14(10)19(12)4;2*1-15-9-4-5-13-6-8(9)7-2-3-10(12)14-11(7)15;2*1-10(2,3)14-9(13)11-6-4-8(12)5-7-11;1-10(8)6-4-2-3-5(7)9-6;6-4-2-1-3-5(7)8-4;2-1-3;;;/h5-6H,7-9H2,1-4H3;2-3,13H,4-6H2,1H3;2-6H,1H3;2*4-7H2,1-3H3;2-4H,8H2,1H3;1-3H;1-3H2;;;. The molecular weight excluding hydrogens is 1770 g/mol. The average molecular weight is 1860 g/mol. The van der Waals surface area contributed by atoms with Crippen LogP contribution in [0.1, 0.15) is 111 Å². The first-order valence-corrected chi connectivity index (χ1v) is 38.6. The summed E-state index contributed by atoms with van der Waals surface area (Å²) in [6.45, 7) is 22.2. The van der Waals surface area contributed by atoms with Crippen molar-refractivity contribution < 1.29 is 60.7 Å². The number of hydrogen-bond donors (Lipinski definition) is 4. The van der Waals surface area contributed by atoms with E-state index in [0.717, 1.165) is 98.0 Å². The Morgan fingerprint density at radius 2 is 0.885 bits per heavy atom. The first kappa shape index (κ1) is 88.2. The SMILES string of the molecule is Brc1cccc(Br)n1.CC(C)(C)OC(=O)N1CCC(=O)CC1.CC(C)(C)OC(=O)N1CCC(=O)CC1.CN(N)c1cccc(Br)n1.Cn1c2c(c3ccc(Br)nc31)CN(C(=O)OC(C)(C)C)CC2.Cn1c2c(c3ccc(Br)nc31)CNCC2.Cn1c2ccncc2c2ccc(Br)nc21.NCN.[O]=[Mn]=[O]. The molecule has 2 saturated heterocycles. The number of fused-ring (bicyclic) bond motifs is 9. The van der Waals surface area contributed by atoms with Gasteiger partial charge in [0, 0.05) is 170 Å². The van der Waals surface area contributed by atoms with Crippen LogP contribution in [0.4, 0.5) is 20.2 Å². The number of nitrogens with one attached hydrogen (secondary N) is 1. The first-order valence-electron chi connectivity index (χ1n) is 32.9. The molecule has 27 nitrogen and oxygen atoms in total. The number of ether oxygens (including phenoxy) is 3. The molecule has 9 aromatic rings. The third-order valence-corrected chi connectivity index (χ3v) is 17.9. The van der Waals surface area contributed by atoms with Crippen LogP contribution in [0, 0.1) is 0 Å². The Labute approximate surface area is 662 Å². The van der Waals surface area contributed by atoms with Gasteiger partial charge in [0.2, 0.25) is 0 Å². The van der Waals surface area contributed by atoms with Crippen molar-refractivity contribution in [2.24, 2.45) is 38.5 Å². The fourth-order valence-electron chi connectivity index (χ4n) is 10.6. The maximum absolute atomic E-state index is 12.3. The summed E-state index contributed by atoms with van der Waals surface area (Å²) in [5.74, 6) is 6.63. The molecule has 13 heterocycles. The van der Waals surface area contributed by atoms with E-state index in [1.807, 2.05) is 143 Å². The molecule has 3 amide bonds. The summed E-state index contributed by atoms with van der Waals surface area (Å²) in [5, 5.41) is 9.55. The fraction of sp³-hybridized carbons (Fsp3) is 0.443. The summed E-state index contributed by atoms with van der Waals surface area (Å²) in [5.41, 5.74) is 17.3. The van der Waals surface area contributed by atoms with E-state index >= 15 is 0 Å². The molecule has 9 aromatic heterocycles. The Kier molecular flexibility index (Phi) is 35.3. The molecule has 0 bridgehead atoms. The normalized spacial score (nSPS) is 13.9. The Morgan fingerprint density at radius 3 is 1.29 bits per heavy atom. The molecule has 7 N–H and O–H groups in total. The van der Waals surface area contributed by atoms with Crippen molar-refractivity contribution in [2.75, 3.05) is 58.0 Å². The number of rotatable bonds is 1. The quantitative estimate of drug-likeness (QED) is 0.0296. The van der Waals surface area contributed by atoms with Crippen molar-refractivity contribution in [1.29, 1.82) is 0 Å². The van der Waals surface area contributed by atoms with Gasteiger partial charge in [-0.1, -0.05) is 12.1 Å². The van der Waals surface area contributed by atoms with Gasteiger partial charge < -0.3 is 59.4 Å². The second-order valence-electron chi connectivity index (χ2n) is 26.5. The Bertz CT molecular complexity index is 4350. The van der Waals surface area contributed by atoms with Gasteiger partial charge in [-0.25, -0.2) is 45.1 Å². The van der Waals surface area contributed by atoms with Gasteiger partial charge in [0.15, 0.2) is 0 Å².